The van der Waals surface area contributed by atoms with E-state index in [1.807, 2.05) is 24.3 Å². The molecule has 0 saturated heterocycles. The first kappa shape index (κ1) is 36.3. The van der Waals surface area contributed by atoms with Crippen molar-refractivity contribution in [3.05, 3.63) is 237 Å². The van der Waals surface area contributed by atoms with Gasteiger partial charge in [0.1, 0.15) is 0 Å². The molecular weight excluding hydrogens is 727 g/mol. The van der Waals surface area contributed by atoms with Crippen LogP contribution in [0, 0.1) is 0 Å². The summed E-state index contributed by atoms with van der Waals surface area (Å²) in [5.74, 6) is 1.86. The Kier molecular flexibility index (Phi) is 9.97. The molecule has 10 rings (SSSR count). The third kappa shape index (κ3) is 7.32. The van der Waals surface area contributed by atoms with Crippen LogP contribution in [0.25, 0.3) is 101 Å². The third-order valence-corrected chi connectivity index (χ3v) is 10.9. The molecule has 9 aromatic carbocycles. The molecule has 0 atom stereocenters. The fourth-order valence-electron chi connectivity index (χ4n) is 8.10. The van der Waals surface area contributed by atoms with Crippen molar-refractivity contribution in [2.24, 2.45) is 0 Å². The van der Waals surface area contributed by atoms with Gasteiger partial charge in [0.05, 0.1) is 0 Å². The van der Waals surface area contributed by atoms with E-state index in [0.717, 1.165) is 72.3 Å². The molecule has 0 bridgehead atoms. The zero-order valence-corrected chi connectivity index (χ0v) is 32.9. The number of benzene rings is 9. The average molecular weight is 766 g/mol. The maximum Gasteiger partial charge on any atom is 0.164 e. The van der Waals surface area contributed by atoms with Crippen LogP contribution in [-0.2, 0) is 0 Å². The molecule has 1 heterocycles. The van der Waals surface area contributed by atoms with Gasteiger partial charge in [0.25, 0.3) is 0 Å². The lowest BCUT2D eigenvalue weighted by Crippen LogP contribution is -2.01. The van der Waals surface area contributed by atoms with Gasteiger partial charge in [0.15, 0.2) is 17.5 Å². The van der Waals surface area contributed by atoms with Crippen molar-refractivity contribution in [3.63, 3.8) is 0 Å². The molecule has 0 amide bonds. The summed E-state index contributed by atoms with van der Waals surface area (Å²) in [5, 5.41) is 0. The number of aromatic nitrogens is 3. The molecule has 3 nitrogen and oxygen atoms in total. The Morgan fingerprint density at radius 3 is 0.950 bits per heavy atom. The lowest BCUT2D eigenvalue weighted by atomic mass is 9.79. The van der Waals surface area contributed by atoms with Crippen LogP contribution in [0.1, 0.15) is 0 Å². The highest BCUT2D eigenvalue weighted by atomic mass is 15.0. The van der Waals surface area contributed by atoms with Crippen molar-refractivity contribution >= 4 is 0 Å². The lowest BCUT2D eigenvalue weighted by molar-refractivity contribution is 1.07. The smallest absolute Gasteiger partial charge is 0.164 e. The van der Waals surface area contributed by atoms with Crippen LogP contribution in [0.2, 0.25) is 0 Å². The van der Waals surface area contributed by atoms with Gasteiger partial charge in [0, 0.05) is 16.7 Å². The van der Waals surface area contributed by atoms with E-state index in [1.54, 1.807) is 0 Å². The minimum absolute atomic E-state index is 0.611. The maximum atomic E-state index is 5.21. The molecular formula is C57H39N3. The van der Waals surface area contributed by atoms with Gasteiger partial charge >= 0.3 is 0 Å². The van der Waals surface area contributed by atoms with Crippen molar-refractivity contribution in [1.29, 1.82) is 0 Å². The largest absolute Gasteiger partial charge is 0.208 e. The molecule has 0 aliphatic heterocycles. The Bertz CT molecular complexity index is 3040. The molecule has 60 heavy (non-hydrogen) atoms. The Hall–Kier alpha value is -8.01. The van der Waals surface area contributed by atoms with Crippen LogP contribution >= 0.6 is 0 Å². The molecule has 0 spiro atoms. The molecule has 10 aromatic rings. The minimum Gasteiger partial charge on any atom is -0.208 e. The Labute approximate surface area is 351 Å². The van der Waals surface area contributed by atoms with E-state index in [1.165, 1.54) is 11.1 Å². The summed E-state index contributed by atoms with van der Waals surface area (Å²) in [6.45, 7) is 0. The van der Waals surface area contributed by atoms with Crippen LogP contribution in [-0.4, -0.2) is 15.0 Å². The SMILES string of the molecule is c1ccc(-c2cccc(-c3nc(-c4ccccc4)nc(-c4cccc(-c5cc(-c6ccccc6)c(-c6ccccc6)c(-c6ccccc6)c5-c5ccccc5)c4)n3)c2)cc1. The summed E-state index contributed by atoms with van der Waals surface area (Å²) in [6.07, 6.45) is 0. The number of nitrogens with zero attached hydrogens (tertiary/aromatic N) is 3. The van der Waals surface area contributed by atoms with Crippen molar-refractivity contribution in [2.45, 2.75) is 0 Å². The van der Waals surface area contributed by atoms with Crippen LogP contribution in [0.3, 0.4) is 0 Å². The second-order valence-electron chi connectivity index (χ2n) is 14.8. The molecule has 0 aliphatic rings. The summed E-state index contributed by atoms with van der Waals surface area (Å²) >= 11 is 0. The normalized spacial score (nSPS) is 11.0. The summed E-state index contributed by atoms with van der Waals surface area (Å²) in [5.41, 5.74) is 16.5. The quantitative estimate of drug-likeness (QED) is 0.147. The van der Waals surface area contributed by atoms with Crippen LogP contribution < -0.4 is 0 Å². The van der Waals surface area contributed by atoms with Gasteiger partial charge in [-0.1, -0.05) is 218 Å². The Balaban J connectivity index is 1.23. The van der Waals surface area contributed by atoms with Crippen molar-refractivity contribution in [1.82, 2.24) is 15.0 Å². The van der Waals surface area contributed by atoms with Crippen LogP contribution in [0.4, 0.5) is 0 Å². The lowest BCUT2D eigenvalue weighted by Gasteiger charge is -2.24. The predicted octanol–water partition coefficient (Wildman–Crippen LogP) is 14.9. The molecule has 0 unspecified atom stereocenters. The van der Waals surface area contributed by atoms with E-state index >= 15 is 0 Å². The van der Waals surface area contributed by atoms with Gasteiger partial charge in [-0.3, -0.25) is 0 Å². The first-order chi connectivity index (χ1) is 29.8. The topological polar surface area (TPSA) is 38.7 Å². The standard InChI is InChI=1S/C57H39N3/c1-7-21-40(22-8-1)46-33-19-35-48(37-46)56-58-55(45-31-17-6-18-32-45)59-57(60-56)49-36-20-34-47(38-49)51-39-50(41-23-9-2-10-24-41)52(42-25-11-3-12-26-42)54(44-29-15-5-16-30-44)53(51)43-27-13-4-14-28-43/h1-39H. The van der Waals surface area contributed by atoms with Gasteiger partial charge < -0.3 is 0 Å². The predicted molar refractivity (Wildman–Crippen MR) is 249 cm³/mol. The van der Waals surface area contributed by atoms with Crippen LogP contribution in [0.15, 0.2) is 237 Å². The molecule has 0 fully saturated rings. The molecule has 282 valence electrons. The summed E-state index contributed by atoms with van der Waals surface area (Å²) in [4.78, 5) is 15.4. The van der Waals surface area contributed by atoms with Crippen molar-refractivity contribution in [3.8, 4) is 101 Å². The van der Waals surface area contributed by atoms with Gasteiger partial charge in [0.2, 0.25) is 0 Å². The second kappa shape index (κ2) is 16.5. The Morgan fingerprint density at radius 2 is 0.483 bits per heavy atom. The highest BCUT2D eigenvalue weighted by Crippen LogP contribution is 2.50. The molecule has 1 aromatic heterocycles. The van der Waals surface area contributed by atoms with E-state index in [0.29, 0.717) is 17.5 Å². The first-order valence-electron chi connectivity index (χ1n) is 20.3. The fourth-order valence-corrected chi connectivity index (χ4v) is 8.10. The van der Waals surface area contributed by atoms with Gasteiger partial charge in [-0.05, 0) is 85.0 Å². The van der Waals surface area contributed by atoms with Crippen LogP contribution in [0.5, 0.6) is 0 Å². The molecule has 0 radical (unpaired) electrons. The Morgan fingerprint density at radius 1 is 0.183 bits per heavy atom. The van der Waals surface area contributed by atoms with Gasteiger partial charge in [-0.25, -0.2) is 15.0 Å². The first-order valence-corrected chi connectivity index (χ1v) is 20.3. The van der Waals surface area contributed by atoms with Gasteiger partial charge in [-0.15, -0.1) is 0 Å². The number of hydrogen-bond donors (Lipinski definition) is 0. The summed E-state index contributed by atoms with van der Waals surface area (Å²) < 4.78 is 0. The van der Waals surface area contributed by atoms with Gasteiger partial charge in [-0.2, -0.15) is 0 Å². The maximum absolute atomic E-state index is 5.21. The minimum atomic E-state index is 0.611. The third-order valence-electron chi connectivity index (χ3n) is 10.9. The van der Waals surface area contributed by atoms with E-state index in [4.69, 9.17) is 15.0 Å². The van der Waals surface area contributed by atoms with Crippen molar-refractivity contribution < 1.29 is 0 Å². The highest BCUT2D eigenvalue weighted by molar-refractivity contribution is 6.07. The fraction of sp³-hybridized carbons (Fsp3) is 0. The van der Waals surface area contributed by atoms with E-state index < -0.39 is 0 Å². The average Bonchev–Trinajstić information content (AvgIpc) is 3.35. The molecule has 0 N–H and O–H groups in total. The zero-order valence-electron chi connectivity index (χ0n) is 32.9. The molecule has 0 aliphatic carbocycles. The van der Waals surface area contributed by atoms with Crippen molar-refractivity contribution in [2.75, 3.05) is 0 Å². The summed E-state index contributed by atoms with van der Waals surface area (Å²) in [6, 6.07) is 83.2. The highest BCUT2D eigenvalue weighted by Gasteiger charge is 2.24. The van der Waals surface area contributed by atoms with E-state index in [2.05, 4.69) is 212 Å². The van der Waals surface area contributed by atoms with E-state index in [-0.39, 0.29) is 0 Å². The number of hydrogen-bond acceptors (Lipinski definition) is 3. The summed E-state index contributed by atoms with van der Waals surface area (Å²) in [7, 11) is 0. The van der Waals surface area contributed by atoms with E-state index in [9.17, 15) is 0 Å². The monoisotopic (exact) mass is 765 g/mol. The second-order valence-corrected chi connectivity index (χ2v) is 14.8. The number of rotatable bonds is 9. The molecule has 0 saturated carbocycles. The molecule has 3 heteroatoms. The zero-order chi connectivity index (χ0) is 40.1.